The highest BCUT2D eigenvalue weighted by Gasteiger charge is 2.30. The zero-order chi connectivity index (χ0) is 19.0. The van der Waals surface area contributed by atoms with Crippen molar-refractivity contribution in [3.8, 4) is 0 Å². The van der Waals surface area contributed by atoms with Crippen LogP contribution in [0.25, 0.3) is 11.0 Å². The average molecular weight is 373 g/mol. The standard InChI is InChI=1S/C20H18F3N3O/c21-20(22,23)14-6-4-12(5-7-14)10-18(27)24-15-8-9-16-17(11-15)26-19(25-16)13-2-1-3-13/h4-9,11,13H,1-3,10H2,(H,24,27)(H,25,26). The quantitative estimate of drug-likeness (QED) is 0.674. The van der Waals surface area contributed by atoms with Gasteiger partial charge >= 0.3 is 6.18 Å². The minimum Gasteiger partial charge on any atom is -0.342 e. The number of nitrogens with one attached hydrogen (secondary N) is 2. The van der Waals surface area contributed by atoms with E-state index in [9.17, 15) is 18.0 Å². The Morgan fingerprint density at radius 2 is 1.89 bits per heavy atom. The molecule has 0 radical (unpaired) electrons. The van der Waals surface area contributed by atoms with Crippen LogP contribution < -0.4 is 5.32 Å². The molecule has 140 valence electrons. The van der Waals surface area contributed by atoms with Gasteiger partial charge in [-0.3, -0.25) is 4.79 Å². The third-order valence-electron chi connectivity index (χ3n) is 4.92. The fourth-order valence-corrected chi connectivity index (χ4v) is 3.18. The molecule has 4 nitrogen and oxygen atoms in total. The second-order valence-corrected chi connectivity index (χ2v) is 6.90. The van der Waals surface area contributed by atoms with E-state index >= 15 is 0 Å². The first-order chi connectivity index (χ1) is 12.9. The summed E-state index contributed by atoms with van der Waals surface area (Å²) in [5, 5.41) is 2.78. The van der Waals surface area contributed by atoms with Gasteiger partial charge in [0.25, 0.3) is 0 Å². The van der Waals surface area contributed by atoms with E-state index in [0.29, 0.717) is 17.2 Å². The van der Waals surface area contributed by atoms with E-state index < -0.39 is 11.7 Å². The van der Waals surface area contributed by atoms with Crippen molar-refractivity contribution in [1.82, 2.24) is 9.97 Å². The third-order valence-corrected chi connectivity index (χ3v) is 4.92. The first-order valence-corrected chi connectivity index (χ1v) is 8.84. The number of fused-ring (bicyclic) bond motifs is 1. The van der Waals surface area contributed by atoms with Crippen molar-refractivity contribution in [3.05, 3.63) is 59.4 Å². The molecule has 0 bridgehead atoms. The zero-order valence-corrected chi connectivity index (χ0v) is 14.4. The second-order valence-electron chi connectivity index (χ2n) is 6.90. The molecule has 1 amide bonds. The maximum absolute atomic E-state index is 12.6. The predicted molar refractivity (Wildman–Crippen MR) is 96.5 cm³/mol. The molecule has 0 atom stereocenters. The summed E-state index contributed by atoms with van der Waals surface area (Å²) in [7, 11) is 0. The molecule has 27 heavy (non-hydrogen) atoms. The Morgan fingerprint density at radius 1 is 1.15 bits per heavy atom. The number of benzene rings is 2. The summed E-state index contributed by atoms with van der Waals surface area (Å²) >= 11 is 0. The molecule has 1 saturated carbocycles. The lowest BCUT2D eigenvalue weighted by Gasteiger charge is -2.22. The maximum Gasteiger partial charge on any atom is 0.416 e. The van der Waals surface area contributed by atoms with Gasteiger partial charge in [-0.2, -0.15) is 13.2 Å². The van der Waals surface area contributed by atoms with E-state index in [2.05, 4.69) is 15.3 Å². The minimum absolute atomic E-state index is 0.00642. The Balaban J connectivity index is 1.42. The van der Waals surface area contributed by atoms with Gasteiger partial charge in [0.05, 0.1) is 23.0 Å². The Labute approximate surface area is 153 Å². The summed E-state index contributed by atoms with van der Waals surface area (Å²) in [6.45, 7) is 0. The van der Waals surface area contributed by atoms with Crippen LogP contribution in [0.3, 0.4) is 0 Å². The summed E-state index contributed by atoms with van der Waals surface area (Å²) in [5.74, 6) is 1.20. The van der Waals surface area contributed by atoms with Gasteiger partial charge in [0, 0.05) is 11.6 Å². The third kappa shape index (κ3) is 3.82. The van der Waals surface area contributed by atoms with Gasteiger partial charge in [-0.25, -0.2) is 4.98 Å². The lowest BCUT2D eigenvalue weighted by molar-refractivity contribution is -0.137. The largest absolute Gasteiger partial charge is 0.416 e. The number of hydrogen-bond acceptors (Lipinski definition) is 2. The Morgan fingerprint density at radius 3 is 2.52 bits per heavy atom. The van der Waals surface area contributed by atoms with Crippen molar-refractivity contribution < 1.29 is 18.0 Å². The lowest BCUT2D eigenvalue weighted by Crippen LogP contribution is -2.14. The van der Waals surface area contributed by atoms with Gasteiger partial charge in [0.1, 0.15) is 5.82 Å². The van der Waals surface area contributed by atoms with Crippen molar-refractivity contribution >= 4 is 22.6 Å². The average Bonchev–Trinajstić information content (AvgIpc) is 2.95. The molecule has 1 heterocycles. The van der Waals surface area contributed by atoms with Gasteiger partial charge in [0.2, 0.25) is 5.91 Å². The molecule has 0 aliphatic heterocycles. The Hall–Kier alpha value is -2.83. The van der Waals surface area contributed by atoms with Crippen LogP contribution in [0.2, 0.25) is 0 Å². The fourth-order valence-electron chi connectivity index (χ4n) is 3.18. The summed E-state index contributed by atoms with van der Waals surface area (Å²) < 4.78 is 37.8. The van der Waals surface area contributed by atoms with E-state index in [1.807, 2.05) is 12.1 Å². The molecule has 1 aromatic heterocycles. The highest BCUT2D eigenvalue weighted by atomic mass is 19.4. The molecule has 2 N–H and O–H groups in total. The van der Waals surface area contributed by atoms with Crippen LogP contribution in [0.1, 0.15) is 42.1 Å². The van der Waals surface area contributed by atoms with Gasteiger partial charge < -0.3 is 10.3 Å². The number of amides is 1. The number of rotatable bonds is 4. The number of alkyl halides is 3. The monoisotopic (exact) mass is 373 g/mol. The van der Waals surface area contributed by atoms with Crippen molar-refractivity contribution in [1.29, 1.82) is 0 Å². The van der Waals surface area contributed by atoms with Crippen LogP contribution >= 0.6 is 0 Å². The molecule has 1 aliphatic carbocycles. The highest BCUT2D eigenvalue weighted by molar-refractivity contribution is 5.94. The van der Waals surface area contributed by atoms with Crippen LogP contribution in [0.5, 0.6) is 0 Å². The van der Waals surface area contributed by atoms with Crippen molar-refractivity contribution in [2.24, 2.45) is 0 Å². The van der Waals surface area contributed by atoms with Gasteiger partial charge in [0.15, 0.2) is 0 Å². The minimum atomic E-state index is -4.38. The fraction of sp³-hybridized carbons (Fsp3) is 0.300. The molecule has 0 saturated heterocycles. The number of aromatic amines is 1. The first-order valence-electron chi connectivity index (χ1n) is 8.84. The summed E-state index contributed by atoms with van der Waals surface area (Å²) in [4.78, 5) is 20.1. The Bertz CT molecular complexity index is 972. The lowest BCUT2D eigenvalue weighted by atomic mass is 9.85. The SMILES string of the molecule is O=C(Cc1ccc(C(F)(F)F)cc1)Nc1ccc2nc(C3CCC3)[nH]c2c1. The van der Waals surface area contributed by atoms with E-state index in [0.717, 1.165) is 41.8 Å². The molecule has 1 fully saturated rings. The second kappa shape index (κ2) is 6.72. The molecule has 4 rings (SSSR count). The van der Waals surface area contributed by atoms with Crippen LogP contribution in [-0.4, -0.2) is 15.9 Å². The zero-order valence-electron chi connectivity index (χ0n) is 14.4. The number of halogens is 3. The van der Waals surface area contributed by atoms with Gasteiger partial charge in [-0.1, -0.05) is 18.6 Å². The molecule has 7 heteroatoms. The normalized spacial score (nSPS) is 14.9. The van der Waals surface area contributed by atoms with Crippen LogP contribution in [0, 0.1) is 0 Å². The number of aromatic nitrogens is 2. The molecule has 0 spiro atoms. The molecule has 2 aromatic carbocycles. The Kier molecular flexibility index (Phi) is 4.37. The summed E-state index contributed by atoms with van der Waals surface area (Å²) in [5.41, 5.74) is 2.15. The summed E-state index contributed by atoms with van der Waals surface area (Å²) in [6.07, 6.45) is -0.842. The van der Waals surface area contributed by atoms with E-state index in [1.165, 1.54) is 18.6 Å². The molecular weight excluding hydrogens is 355 g/mol. The van der Waals surface area contributed by atoms with Gasteiger partial charge in [-0.15, -0.1) is 0 Å². The number of hydrogen-bond donors (Lipinski definition) is 2. The number of anilines is 1. The smallest absolute Gasteiger partial charge is 0.342 e. The topological polar surface area (TPSA) is 57.8 Å². The van der Waals surface area contributed by atoms with Gasteiger partial charge in [-0.05, 0) is 48.7 Å². The number of carbonyl (C=O) groups is 1. The molecule has 3 aromatic rings. The summed E-state index contributed by atoms with van der Waals surface area (Å²) in [6, 6.07) is 10.1. The maximum atomic E-state index is 12.6. The van der Waals surface area contributed by atoms with Crippen LogP contribution in [0.15, 0.2) is 42.5 Å². The molecule has 1 aliphatic rings. The van der Waals surface area contributed by atoms with E-state index in [4.69, 9.17) is 0 Å². The number of H-pyrrole nitrogens is 1. The predicted octanol–water partition coefficient (Wildman–Crippen LogP) is 5.03. The van der Waals surface area contributed by atoms with E-state index in [1.54, 1.807) is 6.07 Å². The number of carbonyl (C=O) groups excluding carboxylic acids is 1. The van der Waals surface area contributed by atoms with Crippen LogP contribution in [-0.2, 0) is 17.4 Å². The van der Waals surface area contributed by atoms with Crippen molar-refractivity contribution in [3.63, 3.8) is 0 Å². The number of imidazole rings is 1. The molecular formula is C20H18F3N3O. The van der Waals surface area contributed by atoms with Crippen molar-refractivity contribution in [2.75, 3.05) is 5.32 Å². The first kappa shape index (κ1) is 17.6. The highest BCUT2D eigenvalue weighted by Crippen LogP contribution is 2.35. The van der Waals surface area contributed by atoms with Crippen LogP contribution in [0.4, 0.5) is 18.9 Å². The van der Waals surface area contributed by atoms with E-state index in [-0.39, 0.29) is 12.3 Å². The van der Waals surface area contributed by atoms with Crippen molar-refractivity contribution in [2.45, 2.75) is 37.8 Å². The molecule has 0 unspecified atom stereocenters. The number of nitrogens with zero attached hydrogens (tertiary/aromatic N) is 1.